The first-order chi connectivity index (χ1) is 7.43. The molecule has 0 heterocycles. The second kappa shape index (κ2) is 5.69. The number of alkyl halides is 1. The molecule has 0 aromatic rings. The molecule has 3 nitrogen and oxygen atoms in total. The Morgan fingerprint density at radius 2 is 2.19 bits per heavy atom. The third-order valence-electron chi connectivity index (χ3n) is 3.19. The van der Waals surface area contributed by atoms with Crippen molar-refractivity contribution in [1.29, 1.82) is 0 Å². The summed E-state index contributed by atoms with van der Waals surface area (Å²) in [6.45, 7) is 4.03. The highest BCUT2D eigenvalue weighted by atomic mass is 35.5. The molecule has 0 aliphatic heterocycles. The van der Waals surface area contributed by atoms with Crippen LogP contribution in [0.25, 0.3) is 0 Å². The van der Waals surface area contributed by atoms with Gasteiger partial charge in [-0.3, -0.25) is 0 Å². The van der Waals surface area contributed by atoms with Crippen LogP contribution in [0, 0.1) is 5.92 Å². The lowest BCUT2D eigenvalue weighted by molar-refractivity contribution is 0.239. The van der Waals surface area contributed by atoms with E-state index in [9.17, 15) is 8.42 Å². The molecule has 1 rings (SSSR count). The van der Waals surface area contributed by atoms with Gasteiger partial charge in [-0.05, 0) is 25.2 Å². The summed E-state index contributed by atoms with van der Waals surface area (Å²) in [6.07, 6.45) is 4.60. The fourth-order valence-corrected chi connectivity index (χ4v) is 4.50. The van der Waals surface area contributed by atoms with Crippen molar-refractivity contribution in [2.45, 2.75) is 51.5 Å². The van der Waals surface area contributed by atoms with Crippen molar-refractivity contribution in [2.24, 2.45) is 5.92 Å². The number of nitrogens with one attached hydrogen (secondary N) is 1. The van der Waals surface area contributed by atoms with Crippen LogP contribution in [0.3, 0.4) is 0 Å². The predicted octanol–water partition coefficient (Wildman–Crippen LogP) is 2.50. The zero-order chi connectivity index (χ0) is 12.2. The molecule has 0 saturated heterocycles. The second-order valence-corrected chi connectivity index (χ2v) is 7.15. The van der Waals surface area contributed by atoms with Crippen molar-refractivity contribution in [3.05, 3.63) is 0 Å². The van der Waals surface area contributed by atoms with E-state index in [1.54, 1.807) is 0 Å². The SMILES string of the molecule is CCCS(=O)(=O)NC1(CCl)CCCC(C)C1. The van der Waals surface area contributed by atoms with Gasteiger partial charge in [0.15, 0.2) is 0 Å². The molecule has 0 radical (unpaired) electrons. The van der Waals surface area contributed by atoms with Gasteiger partial charge in [0.1, 0.15) is 0 Å². The Morgan fingerprint density at radius 3 is 2.69 bits per heavy atom. The quantitative estimate of drug-likeness (QED) is 0.778. The molecule has 0 bridgehead atoms. The van der Waals surface area contributed by atoms with E-state index in [0.29, 0.717) is 18.2 Å². The largest absolute Gasteiger partial charge is 0.212 e. The summed E-state index contributed by atoms with van der Waals surface area (Å²) in [5, 5.41) is 0. The van der Waals surface area contributed by atoms with E-state index in [4.69, 9.17) is 11.6 Å². The Labute approximate surface area is 104 Å². The molecule has 1 aliphatic carbocycles. The van der Waals surface area contributed by atoms with Crippen molar-refractivity contribution in [1.82, 2.24) is 4.72 Å². The second-order valence-electron chi connectivity index (χ2n) is 5.04. The first-order valence-corrected chi connectivity index (χ1v) is 8.19. The van der Waals surface area contributed by atoms with E-state index in [2.05, 4.69) is 11.6 Å². The first kappa shape index (κ1) is 14.3. The molecule has 96 valence electrons. The molecule has 2 atom stereocenters. The Bertz CT molecular complexity index is 318. The Balaban J connectivity index is 2.73. The van der Waals surface area contributed by atoms with Crippen LogP contribution >= 0.6 is 11.6 Å². The minimum Gasteiger partial charge on any atom is -0.212 e. The van der Waals surface area contributed by atoms with Crippen molar-refractivity contribution in [3.8, 4) is 0 Å². The van der Waals surface area contributed by atoms with Gasteiger partial charge in [-0.1, -0.05) is 26.7 Å². The van der Waals surface area contributed by atoms with E-state index >= 15 is 0 Å². The van der Waals surface area contributed by atoms with E-state index in [1.807, 2.05) is 6.92 Å². The highest BCUT2D eigenvalue weighted by Gasteiger charge is 2.37. The topological polar surface area (TPSA) is 46.2 Å². The van der Waals surface area contributed by atoms with Gasteiger partial charge in [0.2, 0.25) is 10.0 Å². The van der Waals surface area contributed by atoms with Crippen LogP contribution in [0.1, 0.15) is 46.0 Å². The summed E-state index contributed by atoms with van der Waals surface area (Å²) in [6, 6.07) is 0. The van der Waals surface area contributed by atoms with E-state index in [-0.39, 0.29) is 5.75 Å². The van der Waals surface area contributed by atoms with Crippen LogP contribution in [0.5, 0.6) is 0 Å². The van der Waals surface area contributed by atoms with Crippen molar-refractivity contribution in [3.63, 3.8) is 0 Å². The van der Waals surface area contributed by atoms with Crippen molar-refractivity contribution < 1.29 is 8.42 Å². The third-order valence-corrected chi connectivity index (χ3v) is 5.39. The zero-order valence-corrected chi connectivity index (χ0v) is 11.7. The minimum absolute atomic E-state index is 0.194. The summed E-state index contributed by atoms with van der Waals surface area (Å²) in [5.74, 6) is 1.12. The smallest absolute Gasteiger partial charge is 0.212 e. The van der Waals surface area contributed by atoms with Gasteiger partial charge in [0.25, 0.3) is 0 Å². The predicted molar refractivity (Wildman–Crippen MR) is 68.3 cm³/mol. The molecular weight excluding hydrogens is 246 g/mol. The van der Waals surface area contributed by atoms with Gasteiger partial charge >= 0.3 is 0 Å². The lowest BCUT2D eigenvalue weighted by Crippen LogP contribution is -2.53. The fraction of sp³-hybridized carbons (Fsp3) is 1.00. The number of hydrogen-bond donors (Lipinski definition) is 1. The average molecular weight is 268 g/mol. The number of halogens is 1. The Kier molecular flexibility index (Phi) is 5.08. The summed E-state index contributed by atoms with van der Waals surface area (Å²) in [4.78, 5) is 0. The molecule has 5 heteroatoms. The molecule has 0 aromatic carbocycles. The van der Waals surface area contributed by atoms with Crippen molar-refractivity contribution in [2.75, 3.05) is 11.6 Å². The average Bonchev–Trinajstić information content (AvgIpc) is 2.16. The summed E-state index contributed by atoms with van der Waals surface area (Å²) in [7, 11) is -3.16. The molecule has 1 N–H and O–H groups in total. The van der Waals surface area contributed by atoms with E-state index < -0.39 is 15.6 Å². The molecule has 0 aromatic heterocycles. The van der Waals surface area contributed by atoms with Crippen molar-refractivity contribution >= 4 is 21.6 Å². The maximum absolute atomic E-state index is 11.8. The summed E-state index contributed by atoms with van der Waals surface area (Å²) < 4.78 is 26.4. The number of hydrogen-bond acceptors (Lipinski definition) is 2. The molecule has 1 aliphatic rings. The van der Waals surface area contributed by atoms with Crippen LogP contribution in [0.2, 0.25) is 0 Å². The minimum atomic E-state index is -3.16. The molecule has 1 fully saturated rings. The number of rotatable bonds is 5. The molecule has 1 saturated carbocycles. The van der Waals surface area contributed by atoms with Crippen LogP contribution in [0.15, 0.2) is 0 Å². The van der Waals surface area contributed by atoms with Crippen LogP contribution in [0.4, 0.5) is 0 Å². The highest BCUT2D eigenvalue weighted by Crippen LogP contribution is 2.33. The fourth-order valence-electron chi connectivity index (χ4n) is 2.55. The molecule has 2 unspecified atom stereocenters. The zero-order valence-electron chi connectivity index (χ0n) is 10.1. The monoisotopic (exact) mass is 267 g/mol. The Morgan fingerprint density at radius 1 is 1.50 bits per heavy atom. The van der Waals surface area contributed by atoms with Crippen LogP contribution in [-0.4, -0.2) is 25.6 Å². The molecule has 16 heavy (non-hydrogen) atoms. The van der Waals surface area contributed by atoms with Gasteiger partial charge in [-0.25, -0.2) is 13.1 Å². The summed E-state index contributed by atoms with van der Waals surface area (Å²) in [5.41, 5.74) is -0.396. The maximum Gasteiger partial charge on any atom is 0.212 e. The Hall–Kier alpha value is 0.200. The normalized spacial score (nSPS) is 31.6. The lowest BCUT2D eigenvalue weighted by atomic mass is 9.78. The van der Waals surface area contributed by atoms with Gasteiger partial charge in [0.05, 0.1) is 5.75 Å². The van der Waals surface area contributed by atoms with Crippen LogP contribution < -0.4 is 4.72 Å². The third kappa shape index (κ3) is 3.90. The van der Waals surface area contributed by atoms with Gasteiger partial charge in [0, 0.05) is 11.4 Å². The first-order valence-electron chi connectivity index (χ1n) is 6.01. The number of sulfonamides is 1. The van der Waals surface area contributed by atoms with Gasteiger partial charge in [-0.15, -0.1) is 11.6 Å². The van der Waals surface area contributed by atoms with Gasteiger partial charge < -0.3 is 0 Å². The molecular formula is C11H22ClNO2S. The molecule has 0 spiro atoms. The van der Waals surface area contributed by atoms with E-state index in [0.717, 1.165) is 19.3 Å². The summed E-state index contributed by atoms with van der Waals surface area (Å²) >= 11 is 5.98. The maximum atomic E-state index is 11.8. The van der Waals surface area contributed by atoms with Gasteiger partial charge in [-0.2, -0.15) is 0 Å². The lowest BCUT2D eigenvalue weighted by Gasteiger charge is -2.39. The van der Waals surface area contributed by atoms with Crippen LogP contribution in [-0.2, 0) is 10.0 Å². The highest BCUT2D eigenvalue weighted by molar-refractivity contribution is 7.89. The van der Waals surface area contributed by atoms with E-state index in [1.165, 1.54) is 6.42 Å². The molecule has 0 amide bonds. The standard InChI is InChI=1S/C11H22ClNO2S/c1-3-7-16(14,15)13-11(9-12)6-4-5-10(2)8-11/h10,13H,3-9H2,1-2H3.